The average Bonchev–Trinajstić information content (AvgIpc) is 2.70. The van der Waals surface area contributed by atoms with Crippen LogP contribution in [0.3, 0.4) is 0 Å². The first kappa shape index (κ1) is 24.5. The van der Waals surface area contributed by atoms with Crippen molar-refractivity contribution in [2.24, 2.45) is 0 Å². The van der Waals surface area contributed by atoms with Gasteiger partial charge >= 0.3 is 0 Å². The quantitative estimate of drug-likeness (QED) is 0.666. The Morgan fingerprint density at radius 3 is 2.10 bits per heavy atom. The van der Waals surface area contributed by atoms with Crippen molar-refractivity contribution >= 4 is 21.6 Å². The van der Waals surface area contributed by atoms with Crippen LogP contribution in [-0.2, 0) is 20.2 Å². The van der Waals surface area contributed by atoms with Gasteiger partial charge in [0.1, 0.15) is 6.54 Å². The van der Waals surface area contributed by atoms with Gasteiger partial charge in [-0.25, -0.2) is 8.42 Å². The molecule has 0 aliphatic heterocycles. The molecule has 7 nitrogen and oxygen atoms in total. The second-order valence-corrected chi connectivity index (χ2v) is 10.4. The number of hydrogen-bond acceptors (Lipinski definition) is 5. The molecule has 0 aliphatic rings. The van der Waals surface area contributed by atoms with E-state index in [1.807, 2.05) is 25.1 Å². The number of sulfonamides is 1. The molecule has 170 valence electrons. The molecule has 0 heterocycles. The zero-order valence-corrected chi connectivity index (χ0v) is 20.0. The van der Waals surface area contributed by atoms with E-state index in [2.05, 4.69) is 26.1 Å². The van der Waals surface area contributed by atoms with Gasteiger partial charge in [0.25, 0.3) is 0 Å². The monoisotopic (exact) mass is 448 g/mol. The van der Waals surface area contributed by atoms with E-state index < -0.39 is 15.9 Å². The third kappa shape index (κ3) is 6.37. The highest BCUT2D eigenvalue weighted by atomic mass is 32.2. The van der Waals surface area contributed by atoms with Crippen LogP contribution in [0.25, 0.3) is 0 Å². The average molecular weight is 449 g/mol. The fourth-order valence-electron chi connectivity index (χ4n) is 3.15. The summed E-state index contributed by atoms with van der Waals surface area (Å²) in [5.41, 5.74) is 2.29. The molecule has 0 spiro atoms. The summed E-state index contributed by atoms with van der Waals surface area (Å²) in [4.78, 5) is 12.7. The minimum absolute atomic E-state index is 0.0549. The van der Waals surface area contributed by atoms with E-state index in [0.29, 0.717) is 17.2 Å². The number of nitrogens with zero attached hydrogens (tertiary/aromatic N) is 1. The molecule has 0 fully saturated rings. The van der Waals surface area contributed by atoms with Crippen molar-refractivity contribution in [3.63, 3.8) is 0 Å². The summed E-state index contributed by atoms with van der Waals surface area (Å²) < 4.78 is 36.4. The lowest BCUT2D eigenvalue weighted by molar-refractivity contribution is -0.120. The summed E-state index contributed by atoms with van der Waals surface area (Å²) in [5, 5.41) is 2.85. The van der Waals surface area contributed by atoms with Gasteiger partial charge in [-0.05, 0) is 47.7 Å². The van der Waals surface area contributed by atoms with Gasteiger partial charge in [0.2, 0.25) is 15.9 Å². The third-order valence-corrected chi connectivity index (χ3v) is 6.13. The molecule has 0 aliphatic carbocycles. The minimum atomic E-state index is -3.65. The van der Waals surface area contributed by atoms with Gasteiger partial charge in [0.15, 0.2) is 11.5 Å². The standard InChI is InChI=1S/C23H32N2O5S/c1-16(17-8-13-20(29-5)21(14-17)30-6)24-22(26)15-25(31(7,27)28)19-11-9-18(10-12-19)23(2,3)4/h8-14,16H,15H2,1-7H3,(H,24,26)/t16-/m1/s1. The van der Waals surface area contributed by atoms with Crippen molar-refractivity contribution in [1.82, 2.24) is 5.32 Å². The van der Waals surface area contributed by atoms with Crippen LogP contribution in [0.1, 0.15) is 44.9 Å². The van der Waals surface area contributed by atoms with E-state index >= 15 is 0 Å². The van der Waals surface area contributed by atoms with E-state index in [1.165, 1.54) is 0 Å². The van der Waals surface area contributed by atoms with Crippen LogP contribution in [0.4, 0.5) is 5.69 Å². The van der Waals surface area contributed by atoms with Gasteiger partial charge in [-0.15, -0.1) is 0 Å². The van der Waals surface area contributed by atoms with Gasteiger partial charge < -0.3 is 14.8 Å². The van der Waals surface area contributed by atoms with E-state index in [4.69, 9.17) is 9.47 Å². The summed E-state index contributed by atoms with van der Waals surface area (Å²) in [6.45, 7) is 7.76. The Bertz CT molecular complexity index is 1010. The largest absolute Gasteiger partial charge is 0.493 e. The molecule has 1 N–H and O–H groups in total. The molecule has 0 saturated heterocycles. The van der Waals surface area contributed by atoms with Crippen molar-refractivity contribution in [3.8, 4) is 11.5 Å². The Kier molecular flexibility index (Phi) is 7.59. The van der Waals surface area contributed by atoms with Gasteiger partial charge in [-0.1, -0.05) is 39.0 Å². The second-order valence-electron chi connectivity index (χ2n) is 8.47. The topological polar surface area (TPSA) is 84.9 Å². The van der Waals surface area contributed by atoms with E-state index in [9.17, 15) is 13.2 Å². The highest BCUT2D eigenvalue weighted by Crippen LogP contribution is 2.30. The number of anilines is 1. The molecule has 2 rings (SSSR count). The molecule has 0 radical (unpaired) electrons. The number of hydrogen-bond donors (Lipinski definition) is 1. The van der Waals surface area contributed by atoms with Gasteiger partial charge in [-0.2, -0.15) is 0 Å². The van der Waals surface area contributed by atoms with Crippen LogP contribution in [0, 0.1) is 0 Å². The molecule has 0 bridgehead atoms. The molecule has 2 aromatic carbocycles. The zero-order chi connectivity index (χ0) is 23.4. The highest BCUT2D eigenvalue weighted by molar-refractivity contribution is 7.92. The van der Waals surface area contributed by atoms with Crippen LogP contribution < -0.4 is 19.1 Å². The molecule has 1 atom stereocenters. The van der Waals surface area contributed by atoms with Gasteiger partial charge in [-0.3, -0.25) is 9.10 Å². The van der Waals surface area contributed by atoms with E-state index in [-0.39, 0.29) is 18.0 Å². The van der Waals surface area contributed by atoms with Crippen molar-refractivity contribution in [2.75, 3.05) is 31.3 Å². The van der Waals surface area contributed by atoms with Crippen molar-refractivity contribution in [3.05, 3.63) is 53.6 Å². The number of carbonyl (C=O) groups is 1. The summed E-state index contributed by atoms with van der Waals surface area (Å²) in [6, 6.07) is 12.2. The zero-order valence-electron chi connectivity index (χ0n) is 19.2. The Balaban J connectivity index is 2.18. The van der Waals surface area contributed by atoms with Gasteiger partial charge in [0.05, 0.1) is 32.2 Å². The minimum Gasteiger partial charge on any atom is -0.493 e. The molecule has 31 heavy (non-hydrogen) atoms. The lowest BCUT2D eigenvalue weighted by atomic mass is 9.87. The Morgan fingerprint density at radius 1 is 1.03 bits per heavy atom. The van der Waals surface area contributed by atoms with Crippen LogP contribution in [0.2, 0.25) is 0 Å². The maximum absolute atomic E-state index is 12.7. The normalized spacial score (nSPS) is 12.7. The molecule has 8 heteroatoms. The predicted octanol–water partition coefficient (Wildman–Crippen LogP) is 3.64. The number of methoxy groups -OCH3 is 2. The van der Waals surface area contributed by atoms with Crippen molar-refractivity contribution < 1.29 is 22.7 Å². The lowest BCUT2D eigenvalue weighted by Gasteiger charge is -2.25. The number of ether oxygens (including phenoxy) is 2. The van der Waals surface area contributed by atoms with Crippen molar-refractivity contribution in [1.29, 1.82) is 0 Å². The Morgan fingerprint density at radius 2 is 1.61 bits per heavy atom. The fraction of sp³-hybridized carbons (Fsp3) is 0.435. The van der Waals surface area contributed by atoms with Crippen LogP contribution in [0.5, 0.6) is 11.5 Å². The maximum Gasteiger partial charge on any atom is 0.241 e. The first-order valence-corrected chi connectivity index (χ1v) is 11.8. The molecule has 0 unspecified atom stereocenters. The maximum atomic E-state index is 12.7. The van der Waals surface area contributed by atoms with Crippen LogP contribution >= 0.6 is 0 Å². The second kappa shape index (κ2) is 9.60. The molecule has 2 aromatic rings. The van der Waals surface area contributed by atoms with Crippen LogP contribution in [0.15, 0.2) is 42.5 Å². The smallest absolute Gasteiger partial charge is 0.241 e. The summed E-state index contributed by atoms with van der Waals surface area (Å²) in [7, 11) is -0.552. The molecule has 1 amide bonds. The van der Waals surface area contributed by atoms with E-state index in [0.717, 1.165) is 21.7 Å². The summed E-state index contributed by atoms with van der Waals surface area (Å²) in [5.74, 6) is 0.733. The fourth-order valence-corrected chi connectivity index (χ4v) is 4.01. The Hall–Kier alpha value is -2.74. The number of carbonyl (C=O) groups excluding carboxylic acids is 1. The molecular formula is C23H32N2O5S. The lowest BCUT2D eigenvalue weighted by Crippen LogP contribution is -2.41. The number of benzene rings is 2. The SMILES string of the molecule is COc1ccc([C@@H](C)NC(=O)CN(c2ccc(C(C)(C)C)cc2)S(C)(=O)=O)cc1OC. The number of amides is 1. The highest BCUT2D eigenvalue weighted by Gasteiger charge is 2.23. The summed E-state index contributed by atoms with van der Waals surface area (Å²) in [6.07, 6.45) is 1.09. The first-order valence-electron chi connectivity index (χ1n) is 9.96. The summed E-state index contributed by atoms with van der Waals surface area (Å²) >= 11 is 0. The first-order chi connectivity index (χ1) is 14.4. The number of rotatable bonds is 8. The molecular weight excluding hydrogens is 416 g/mol. The number of nitrogens with one attached hydrogen (secondary N) is 1. The van der Waals surface area contributed by atoms with Gasteiger partial charge in [0, 0.05) is 0 Å². The van der Waals surface area contributed by atoms with E-state index in [1.54, 1.807) is 38.5 Å². The molecule has 0 aromatic heterocycles. The third-order valence-electron chi connectivity index (χ3n) is 4.99. The molecule has 0 saturated carbocycles. The predicted molar refractivity (Wildman–Crippen MR) is 123 cm³/mol. The Labute approximate surface area is 185 Å². The van der Waals surface area contributed by atoms with Crippen molar-refractivity contribution in [2.45, 2.75) is 39.2 Å². The van der Waals surface area contributed by atoms with Crippen LogP contribution in [-0.4, -0.2) is 41.3 Å².